The van der Waals surface area contributed by atoms with Gasteiger partial charge in [-0.15, -0.1) is 0 Å². The van der Waals surface area contributed by atoms with Gasteiger partial charge >= 0.3 is 6.09 Å². The van der Waals surface area contributed by atoms with Gasteiger partial charge in [-0.25, -0.2) is 4.79 Å². The first-order chi connectivity index (χ1) is 8.27. The molecule has 0 bridgehead atoms. The van der Waals surface area contributed by atoms with Crippen LogP contribution in [-0.2, 0) is 0 Å². The minimum absolute atomic E-state index is 0.649. The molecule has 1 aliphatic rings. The van der Waals surface area contributed by atoms with Gasteiger partial charge in [-0.2, -0.15) is 0 Å². The predicted molar refractivity (Wildman–Crippen MR) is 67.9 cm³/mol. The summed E-state index contributed by atoms with van der Waals surface area (Å²) in [5, 5.41) is 9.20. The van der Waals surface area contributed by atoms with Crippen LogP contribution < -0.4 is 4.90 Å². The number of rotatable bonds is 2. The zero-order valence-corrected chi connectivity index (χ0v) is 9.28. The van der Waals surface area contributed by atoms with Crippen LogP contribution in [-0.4, -0.2) is 11.2 Å². The smallest absolute Gasteiger partial charge is 0.415 e. The standard InChI is InChI=1S/C14H13NO2/c16-14(17)15(13-9-5-2-6-10-13)11-12-7-3-1-4-8-12/h1-7,9-11H,8H2,(H,16,17). The lowest BCUT2D eigenvalue weighted by Gasteiger charge is -2.16. The molecule has 0 unspecified atom stereocenters. The maximum Gasteiger partial charge on any atom is 0.415 e. The Morgan fingerprint density at radius 1 is 1.24 bits per heavy atom. The molecule has 0 saturated heterocycles. The SMILES string of the molecule is O=C(O)N(C=C1C=CC=CC1)c1ccccc1. The Balaban J connectivity index is 2.28. The second-order valence-electron chi connectivity index (χ2n) is 3.68. The molecular formula is C14H13NO2. The summed E-state index contributed by atoms with van der Waals surface area (Å²) < 4.78 is 0. The normalized spacial score (nSPS) is 16.1. The van der Waals surface area contributed by atoms with Crippen LogP contribution in [0.4, 0.5) is 10.5 Å². The Bertz CT molecular complexity index is 486. The maximum atomic E-state index is 11.2. The van der Waals surface area contributed by atoms with Crippen LogP contribution in [0.5, 0.6) is 0 Å². The highest BCUT2D eigenvalue weighted by Gasteiger charge is 2.11. The van der Waals surface area contributed by atoms with Crippen molar-refractivity contribution in [3.63, 3.8) is 0 Å². The molecule has 0 heterocycles. The van der Waals surface area contributed by atoms with Crippen molar-refractivity contribution in [3.05, 3.63) is 66.4 Å². The van der Waals surface area contributed by atoms with Crippen molar-refractivity contribution in [2.75, 3.05) is 4.90 Å². The molecule has 1 N–H and O–H groups in total. The zero-order valence-electron chi connectivity index (χ0n) is 9.28. The van der Waals surface area contributed by atoms with Gasteiger partial charge in [-0.05, 0) is 24.1 Å². The third-order valence-corrected chi connectivity index (χ3v) is 2.45. The molecule has 2 rings (SSSR count). The Morgan fingerprint density at radius 3 is 2.59 bits per heavy atom. The Hall–Kier alpha value is -2.29. The van der Waals surface area contributed by atoms with E-state index in [1.165, 1.54) is 4.90 Å². The molecule has 17 heavy (non-hydrogen) atoms. The molecule has 0 aliphatic heterocycles. The number of para-hydroxylation sites is 1. The van der Waals surface area contributed by atoms with Gasteiger partial charge in [0, 0.05) is 6.20 Å². The third-order valence-electron chi connectivity index (χ3n) is 2.45. The zero-order chi connectivity index (χ0) is 12.1. The van der Waals surface area contributed by atoms with Crippen LogP contribution in [0.1, 0.15) is 6.42 Å². The number of hydrogen-bond donors (Lipinski definition) is 1. The van der Waals surface area contributed by atoms with Crippen LogP contribution in [0.25, 0.3) is 0 Å². The largest absolute Gasteiger partial charge is 0.464 e. The van der Waals surface area contributed by atoms with E-state index in [0.717, 1.165) is 12.0 Å². The van der Waals surface area contributed by atoms with Gasteiger partial charge in [-0.1, -0.05) is 42.5 Å². The molecule has 1 aliphatic carbocycles. The molecule has 1 amide bonds. The fraction of sp³-hybridized carbons (Fsp3) is 0.0714. The molecule has 0 aromatic heterocycles. The summed E-state index contributed by atoms with van der Waals surface area (Å²) in [6.07, 6.45) is 9.19. The quantitative estimate of drug-likeness (QED) is 0.839. The minimum atomic E-state index is -0.980. The highest BCUT2D eigenvalue weighted by atomic mass is 16.4. The molecule has 3 nitrogen and oxygen atoms in total. The van der Waals surface area contributed by atoms with Crippen LogP contribution in [0.15, 0.2) is 66.4 Å². The van der Waals surface area contributed by atoms with Crippen molar-refractivity contribution in [1.82, 2.24) is 0 Å². The van der Waals surface area contributed by atoms with Crippen LogP contribution in [0.3, 0.4) is 0 Å². The van der Waals surface area contributed by atoms with Crippen molar-refractivity contribution < 1.29 is 9.90 Å². The van der Waals surface area contributed by atoms with Gasteiger partial charge in [-0.3, -0.25) is 4.90 Å². The van der Waals surface area contributed by atoms with E-state index in [4.69, 9.17) is 0 Å². The van der Waals surface area contributed by atoms with Gasteiger partial charge in [0.1, 0.15) is 0 Å². The lowest BCUT2D eigenvalue weighted by atomic mass is 10.1. The number of anilines is 1. The summed E-state index contributed by atoms with van der Waals surface area (Å²) in [6, 6.07) is 9.04. The molecule has 1 aromatic carbocycles. The van der Waals surface area contributed by atoms with Crippen molar-refractivity contribution in [2.24, 2.45) is 0 Å². The number of nitrogens with zero attached hydrogens (tertiary/aromatic N) is 1. The maximum absolute atomic E-state index is 11.2. The average Bonchev–Trinajstić information content (AvgIpc) is 2.38. The monoisotopic (exact) mass is 227 g/mol. The van der Waals surface area contributed by atoms with E-state index in [0.29, 0.717) is 5.69 Å². The lowest BCUT2D eigenvalue weighted by Crippen LogP contribution is -2.23. The Morgan fingerprint density at radius 2 is 2.00 bits per heavy atom. The van der Waals surface area contributed by atoms with Crippen molar-refractivity contribution in [2.45, 2.75) is 6.42 Å². The summed E-state index contributed by atoms with van der Waals surface area (Å²) >= 11 is 0. The summed E-state index contributed by atoms with van der Waals surface area (Å²) in [4.78, 5) is 12.4. The fourth-order valence-electron chi connectivity index (χ4n) is 1.62. The van der Waals surface area contributed by atoms with E-state index in [2.05, 4.69) is 0 Å². The van der Waals surface area contributed by atoms with Gasteiger partial charge in [0.05, 0.1) is 5.69 Å². The molecule has 0 atom stereocenters. The molecule has 1 aromatic rings. The third kappa shape index (κ3) is 2.84. The van der Waals surface area contributed by atoms with Crippen LogP contribution in [0, 0.1) is 0 Å². The fourth-order valence-corrected chi connectivity index (χ4v) is 1.62. The van der Waals surface area contributed by atoms with E-state index in [1.807, 2.05) is 42.5 Å². The topological polar surface area (TPSA) is 40.5 Å². The summed E-state index contributed by atoms with van der Waals surface area (Å²) in [7, 11) is 0. The first-order valence-corrected chi connectivity index (χ1v) is 5.38. The average molecular weight is 227 g/mol. The Kier molecular flexibility index (Phi) is 3.40. The van der Waals surface area contributed by atoms with E-state index < -0.39 is 6.09 Å². The first kappa shape index (κ1) is 11.2. The van der Waals surface area contributed by atoms with E-state index in [1.54, 1.807) is 18.3 Å². The van der Waals surface area contributed by atoms with E-state index >= 15 is 0 Å². The molecule has 0 saturated carbocycles. The summed E-state index contributed by atoms with van der Waals surface area (Å²) in [5.41, 5.74) is 1.62. The highest BCUT2D eigenvalue weighted by molar-refractivity contribution is 5.88. The van der Waals surface area contributed by atoms with Crippen molar-refractivity contribution in [1.29, 1.82) is 0 Å². The number of carbonyl (C=O) groups is 1. The second-order valence-corrected chi connectivity index (χ2v) is 3.68. The van der Waals surface area contributed by atoms with E-state index in [-0.39, 0.29) is 0 Å². The van der Waals surface area contributed by atoms with Gasteiger partial charge in [0.15, 0.2) is 0 Å². The number of amides is 1. The van der Waals surface area contributed by atoms with Crippen molar-refractivity contribution >= 4 is 11.8 Å². The molecule has 86 valence electrons. The molecule has 0 radical (unpaired) electrons. The van der Waals surface area contributed by atoms with Crippen molar-refractivity contribution in [3.8, 4) is 0 Å². The highest BCUT2D eigenvalue weighted by Crippen LogP contribution is 2.18. The number of carboxylic acid groups (broad SMARTS) is 1. The number of hydrogen-bond acceptors (Lipinski definition) is 1. The van der Waals surface area contributed by atoms with E-state index in [9.17, 15) is 9.90 Å². The first-order valence-electron chi connectivity index (χ1n) is 5.38. The second kappa shape index (κ2) is 5.16. The molecular weight excluding hydrogens is 214 g/mol. The number of allylic oxidation sites excluding steroid dienone is 5. The molecule has 3 heteroatoms. The molecule has 0 fully saturated rings. The van der Waals surface area contributed by atoms with Crippen LogP contribution >= 0.6 is 0 Å². The van der Waals surface area contributed by atoms with Crippen LogP contribution in [0.2, 0.25) is 0 Å². The summed E-state index contributed by atoms with van der Waals surface area (Å²) in [5.74, 6) is 0. The van der Waals surface area contributed by atoms with Gasteiger partial charge in [0.2, 0.25) is 0 Å². The summed E-state index contributed by atoms with van der Waals surface area (Å²) in [6.45, 7) is 0. The number of benzene rings is 1. The van der Waals surface area contributed by atoms with Gasteiger partial charge < -0.3 is 5.11 Å². The van der Waals surface area contributed by atoms with Gasteiger partial charge in [0.25, 0.3) is 0 Å². The molecule has 0 spiro atoms. The lowest BCUT2D eigenvalue weighted by molar-refractivity contribution is 0.204. The minimum Gasteiger partial charge on any atom is -0.464 e. The Labute approximate surface area is 100.0 Å². The predicted octanol–water partition coefficient (Wildman–Crippen LogP) is 3.57.